The number of aliphatic hydroxyl groups excluding tert-OH is 1. The highest BCUT2D eigenvalue weighted by Gasteiger charge is 2.52. The zero-order chi connectivity index (χ0) is 30.8. The van der Waals surface area contributed by atoms with E-state index in [2.05, 4.69) is 13.8 Å². The summed E-state index contributed by atoms with van der Waals surface area (Å²) < 4.78 is 18.3. The van der Waals surface area contributed by atoms with Gasteiger partial charge in [0, 0.05) is 30.6 Å². The molecule has 3 aliphatic rings. The van der Waals surface area contributed by atoms with Gasteiger partial charge >= 0.3 is 13.2 Å². The number of benzene rings is 2. The van der Waals surface area contributed by atoms with E-state index < -0.39 is 42.2 Å². The van der Waals surface area contributed by atoms with Gasteiger partial charge in [0.2, 0.25) is 0 Å². The molecule has 2 atom stereocenters. The Morgan fingerprint density at radius 3 is 2.29 bits per heavy atom. The quantitative estimate of drug-likeness (QED) is 0.542. The number of fused-ring (bicyclic) bond motifs is 2. The second-order valence-electron chi connectivity index (χ2n) is 14.7. The highest BCUT2D eigenvalue weighted by Crippen LogP contribution is 2.38. The predicted octanol–water partition coefficient (Wildman–Crippen LogP) is 4.44. The smallest absolute Gasteiger partial charge is 0.444 e. The fraction of sp³-hybridized carbons (Fsp3) is 0.576. The third-order valence-electron chi connectivity index (χ3n) is 9.17. The second-order valence-corrected chi connectivity index (χ2v) is 14.7. The lowest BCUT2D eigenvalue weighted by molar-refractivity contribution is -0.0193. The number of hydrogen-bond donors (Lipinski definition) is 1. The summed E-state index contributed by atoms with van der Waals surface area (Å²) in [6.45, 7) is 18.7. The molecule has 0 aliphatic carbocycles. The van der Waals surface area contributed by atoms with Gasteiger partial charge in [0.05, 0.1) is 23.3 Å². The molecule has 2 amide bonds. The van der Waals surface area contributed by atoms with Crippen LogP contribution in [0.2, 0.25) is 0 Å². The maximum atomic E-state index is 13.8. The molecule has 0 radical (unpaired) electrons. The SMILES string of the molecule is CC(C)(C)OC(=O)N1Cc2ccccc2CC1[C@H](O)CN1CC(C)(C)c2cc(B3OC(C)(C)C(C)(C)O3)ccc2C1=O. The van der Waals surface area contributed by atoms with Gasteiger partial charge in [0.15, 0.2) is 0 Å². The lowest BCUT2D eigenvalue weighted by atomic mass is 9.71. The highest BCUT2D eigenvalue weighted by molar-refractivity contribution is 6.62. The Morgan fingerprint density at radius 2 is 1.67 bits per heavy atom. The van der Waals surface area contributed by atoms with Crippen molar-refractivity contribution in [1.82, 2.24) is 9.80 Å². The first-order valence-electron chi connectivity index (χ1n) is 14.9. The summed E-state index contributed by atoms with van der Waals surface area (Å²) in [5.74, 6) is -0.135. The van der Waals surface area contributed by atoms with Crippen molar-refractivity contribution in [2.45, 2.75) is 110 Å². The number of aliphatic hydroxyl groups is 1. The van der Waals surface area contributed by atoms with E-state index in [1.807, 2.05) is 90.9 Å². The standard InChI is InChI=1S/C33H45BN2O6/c1-30(2,3)40-29(39)36-18-22-13-11-10-12-21(22)16-26(36)27(37)19-35-20-31(4,5)25-17-23(14-15-24(25)28(35)38)34-41-32(6,7)33(8,9)42-34/h10-15,17,26-27,37H,16,18-20H2,1-9H3/t26?,27-/m1/s1. The molecule has 1 unspecified atom stereocenters. The first kappa shape index (κ1) is 30.6. The maximum absolute atomic E-state index is 13.8. The lowest BCUT2D eigenvalue weighted by Gasteiger charge is -2.44. The van der Waals surface area contributed by atoms with Crippen molar-refractivity contribution >= 4 is 24.6 Å². The molecule has 42 heavy (non-hydrogen) atoms. The van der Waals surface area contributed by atoms with Crippen LogP contribution in [0.5, 0.6) is 0 Å². The van der Waals surface area contributed by atoms with E-state index in [1.165, 1.54) is 0 Å². The molecule has 0 spiro atoms. The summed E-state index contributed by atoms with van der Waals surface area (Å²) in [5.41, 5.74) is 2.59. The zero-order valence-corrected chi connectivity index (χ0v) is 26.5. The Hall–Kier alpha value is -2.88. The Morgan fingerprint density at radius 1 is 1.05 bits per heavy atom. The number of carbonyl (C=O) groups excluding carboxylic acids is 2. The van der Waals surface area contributed by atoms with Gasteiger partial charge in [-0.2, -0.15) is 0 Å². The highest BCUT2D eigenvalue weighted by atomic mass is 16.7. The third-order valence-corrected chi connectivity index (χ3v) is 9.17. The summed E-state index contributed by atoms with van der Waals surface area (Å²) in [7, 11) is -0.515. The minimum atomic E-state index is -0.962. The molecule has 9 heteroatoms. The molecule has 2 aromatic carbocycles. The average molecular weight is 577 g/mol. The molecule has 0 aromatic heterocycles. The molecule has 3 aliphatic heterocycles. The van der Waals surface area contributed by atoms with Crippen LogP contribution in [0.1, 0.15) is 89.4 Å². The van der Waals surface area contributed by atoms with Crippen molar-refractivity contribution in [1.29, 1.82) is 0 Å². The first-order valence-corrected chi connectivity index (χ1v) is 14.9. The largest absolute Gasteiger partial charge is 0.494 e. The Balaban J connectivity index is 1.38. The zero-order valence-electron chi connectivity index (χ0n) is 26.5. The number of carbonyl (C=O) groups is 2. The lowest BCUT2D eigenvalue weighted by Crippen LogP contribution is -2.57. The van der Waals surface area contributed by atoms with Gasteiger partial charge in [-0.3, -0.25) is 9.69 Å². The van der Waals surface area contributed by atoms with Crippen LogP contribution in [0, 0.1) is 0 Å². The van der Waals surface area contributed by atoms with E-state index in [1.54, 1.807) is 9.80 Å². The van der Waals surface area contributed by atoms with Gasteiger partial charge in [-0.25, -0.2) is 4.79 Å². The Kier molecular flexibility index (Phi) is 7.56. The molecule has 3 heterocycles. The molecule has 2 aromatic rings. The van der Waals surface area contributed by atoms with E-state index in [9.17, 15) is 14.7 Å². The van der Waals surface area contributed by atoms with Crippen molar-refractivity contribution < 1.29 is 28.7 Å². The molecule has 1 saturated heterocycles. The number of rotatable bonds is 4. The molecule has 1 fully saturated rings. The van der Waals surface area contributed by atoms with Crippen molar-refractivity contribution in [3.05, 3.63) is 64.7 Å². The topological polar surface area (TPSA) is 88.5 Å². The van der Waals surface area contributed by atoms with E-state index in [0.717, 1.165) is 22.2 Å². The number of nitrogens with zero attached hydrogens (tertiary/aromatic N) is 2. The van der Waals surface area contributed by atoms with E-state index in [-0.39, 0.29) is 17.9 Å². The summed E-state index contributed by atoms with van der Waals surface area (Å²) in [6, 6.07) is 13.2. The molecule has 8 nitrogen and oxygen atoms in total. The van der Waals surface area contributed by atoms with Gasteiger partial charge in [0.25, 0.3) is 5.91 Å². The summed E-state index contributed by atoms with van der Waals surface area (Å²) >= 11 is 0. The van der Waals surface area contributed by atoms with Crippen LogP contribution in [-0.4, -0.2) is 76.1 Å². The predicted molar refractivity (Wildman–Crippen MR) is 163 cm³/mol. The number of hydrogen-bond acceptors (Lipinski definition) is 6. The van der Waals surface area contributed by atoms with Crippen LogP contribution < -0.4 is 5.46 Å². The van der Waals surface area contributed by atoms with Gasteiger partial charge in [-0.1, -0.05) is 50.2 Å². The molecule has 0 bridgehead atoms. The molecular weight excluding hydrogens is 531 g/mol. The summed E-state index contributed by atoms with van der Waals surface area (Å²) in [6.07, 6.45) is -0.945. The molecule has 0 saturated carbocycles. The van der Waals surface area contributed by atoms with Crippen LogP contribution in [0.4, 0.5) is 4.79 Å². The normalized spacial score (nSPS) is 23.3. The fourth-order valence-electron chi connectivity index (χ4n) is 6.14. The minimum Gasteiger partial charge on any atom is -0.444 e. The number of amides is 2. The first-order chi connectivity index (χ1) is 19.4. The van der Waals surface area contributed by atoms with E-state index in [4.69, 9.17) is 14.0 Å². The van der Waals surface area contributed by atoms with E-state index >= 15 is 0 Å². The molecule has 1 N–H and O–H groups in total. The summed E-state index contributed by atoms with van der Waals surface area (Å²) in [4.78, 5) is 30.4. The Bertz CT molecular complexity index is 1360. The van der Waals surface area contributed by atoms with Gasteiger partial charge in [-0.15, -0.1) is 0 Å². The maximum Gasteiger partial charge on any atom is 0.494 e. The second kappa shape index (κ2) is 10.4. The number of ether oxygens (including phenoxy) is 1. The fourth-order valence-corrected chi connectivity index (χ4v) is 6.14. The van der Waals surface area contributed by atoms with Gasteiger partial charge in [-0.05, 0) is 83.1 Å². The van der Waals surface area contributed by atoms with Crippen LogP contribution in [0.15, 0.2) is 42.5 Å². The Labute approximate surface area is 250 Å². The average Bonchev–Trinajstić information content (AvgIpc) is 3.11. The van der Waals surface area contributed by atoms with Gasteiger partial charge in [0.1, 0.15) is 5.60 Å². The monoisotopic (exact) mass is 576 g/mol. The van der Waals surface area contributed by atoms with Crippen molar-refractivity contribution in [2.24, 2.45) is 0 Å². The van der Waals surface area contributed by atoms with Crippen LogP contribution in [-0.2, 0) is 32.4 Å². The third kappa shape index (κ3) is 5.71. The van der Waals surface area contributed by atoms with Crippen LogP contribution >= 0.6 is 0 Å². The molecule has 226 valence electrons. The van der Waals surface area contributed by atoms with E-state index in [0.29, 0.717) is 25.1 Å². The van der Waals surface area contributed by atoms with Crippen LogP contribution in [0.25, 0.3) is 0 Å². The summed E-state index contributed by atoms with van der Waals surface area (Å²) in [5, 5.41) is 11.6. The van der Waals surface area contributed by atoms with Crippen molar-refractivity contribution in [3.63, 3.8) is 0 Å². The van der Waals surface area contributed by atoms with Crippen LogP contribution in [0.3, 0.4) is 0 Å². The van der Waals surface area contributed by atoms with Crippen molar-refractivity contribution in [3.8, 4) is 0 Å². The number of β-amino-alcohol motifs (C(OH)–C–C–N with tert-alkyl or cyclic N) is 1. The van der Waals surface area contributed by atoms with Gasteiger partial charge < -0.3 is 24.1 Å². The molecule has 5 rings (SSSR count). The molecular formula is C33H45BN2O6. The van der Waals surface area contributed by atoms with Crippen molar-refractivity contribution in [2.75, 3.05) is 13.1 Å². The minimum absolute atomic E-state index is 0.104.